The maximum atomic E-state index is 13.1. The second kappa shape index (κ2) is 9.79. The number of rotatable bonds is 6. The van der Waals surface area contributed by atoms with Crippen LogP contribution in [0.4, 0.5) is 11.4 Å². The highest BCUT2D eigenvalue weighted by Crippen LogP contribution is 2.59. The van der Waals surface area contributed by atoms with Crippen LogP contribution in [0.3, 0.4) is 0 Å². The summed E-state index contributed by atoms with van der Waals surface area (Å²) in [5, 5.41) is 1.89. The number of carbonyl (C=O) groups excluding carboxylic acids is 5. The second-order valence-electron chi connectivity index (χ2n) is 9.26. The number of esters is 2. The quantitative estimate of drug-likeness (QED) is 0.336. The van der Waals surface area contributed by atoms with E-state index in [1.165, 1.54) is 55.6 Å². The number of hydrogen-bond acceptors (Lipinski definition) is 7. The Morgan fingerprint density at radius 2 is 1.38 bits per heavy atom. The Bertz CT molecular complexity index is 1250. The molecule has 1 saturated heterocycles. The molecule has 5 rings (SSSR count). The lowest BCUT2D eigenvalue weighted by Crippen LogP contribution is -2.37. The fourth-order valence-electron chi connectivity index (χ4n) is 5.57. The average molecular weight is 545 g/mol. The fourth-order valence-corrected chi connectivity index (χ4v) is 6.46. The molecule has 3 aliphatic rings. The summed E-state index contributed by atoms with van der Waals surface area (Å²) in [7, 11) is 1.27. The third kappa shape index (κ3) is 4.36. The molecule has 2 saturated carbocycles. The number of anilines is 2. The molecule has 11 heteroatoms. The lowest BCUT2D eigenvalue weighted by Gasteiger charge is -2.28. The van der Waals surface area contributed by atoms with Crippen molar-refractivity contribution in [2.24, 2.45) is 23.7 Å². The van der Waals surface area contributed by atoms with Crippen LogP contribution in [0.5, 0.6) is 0 Å². The molecule has 9 nitrogen and oxygen atoms in total. The number of hydrogen-bond donors (Lipinski definition) is 1. The molecule has 0 aromatic heterocycles. The minimum Gasteiger partial charge on any atom is -0.465 e. The van der Waals surface area contributed by atoms with Crippen LogP contribution in [-0.4, -0.2) is 54.1 Å². The van der Waals surface area contributed by atoms with E-state index in [-0.39, 0.29) is 40.0 Å². The van der Waals surface area contributed by atoms with E-state index < -0.39 is 36.3 Å². The zero-order valence-corrected chi connectivity index (χ0v) is 21.1. The van der Waals surface area contributed by atoms with E-state index in [1.807, 2.05) is 0 Å². The van der Waals surface area contributed by atoms with Gasteiger partial charge >= 0.3 is 11.9 Å². The number of amides is 3. The van der Waals surface area contributed by atoms with Crippen molar-refractivity contribution in [1.29, 1.82) is 0 Å². The van der Waals surface area contributed by atoms with Crippen LogP contribution in [0.1, 0.15) is 27.1 Å². The summed E-state index contributed by atoms with van der Waals surface area (Å²) < 4.78 is 9.69. The number of nitrogens with zero attached hydrogens (tertiary/aromatic N) is 1. The van der Waals surface area contributed by atoms with E-state index in [9.17, 15) is 24.0 Å². The van der Waals surface area contributed by atoms with E-state index in [0.29, 0.717) is 23.4 Å². The van der Waals surface area contributed by atoms with Gasteiger partial charge in [-0.25, -0.2) is 9.59 Å². The lowest BCUT2D eigenvalue weighted by molar-refractivity contribution is -0.123. The molecular weight excluding hydrogens is 523 g/mol. The molecule has 0 unspecified atom stereocenters. The van der Waals surface area contributed by atoms with Gasteiger partial charge in [0, 0.05) is 5.69 Å². The van der Waals surface area contributed by atoms with E-state index in [4.69, 9.17) is 27.9 Å². The van der Waals surface area contributed by atoms with Crippen molar-refractivity contribution in [1.82, 2.24) is 0 Å². The highest BCUT2D eigenvalue weighted by atomic mass is 35.5. The van der Waals surface area contributed by atoms with Gasteiger partial charge in [0.1, 0.15) is 0 Å². The molecule has 2 bridgehead atoms. The zero-order chi connectivity index (χ0) is 26.4. The molecule has 2 aromatic carbocycles. The first-order valence-corrected chi connectivity index (χ1v) is 12.5. The number of carbonyl (C=O) groups is 5. The third-order valence-corrected chi connectivity index (χ3v) is 8.59. The topological polar surface area (TPSA) is 119 Å². The van der Waals surface area contributed by atoms with Crippen molar-refractivity contribution in [3.8, 4) is 0 Å². The number of alkyl halides is 2. The van der Waals surface area contributed by atoms with Gasteiger partial charge in [-0.15, -0.1) is 23.2 Å². The third-order valence-electron chi connectivity index (χ3n) is 7.27. The summed E-state index contributed by atoms with van der Waals surface area (Å²) in [5.74, 6) is -3.55. The summed E-state index contributed by atoms with van der Waals surface area (Å²) in [5.41, 5.74) is 1.25. The number of halogens is 2. The highest BCUT2D eigenvalue weighted by Gasteiger charge is 2.66. The Kier molecular flexibility index (Phi) is 6.68. The first-order chi connectivity index (χ1) is 17.7. The molecule has 3 fully saturated rings. The number of fused-ring (bicyclic) bond motifs is 5. The smallest absolute Gasteiger partial charge is 0.338 e. The molecule has 0 radical (unpaired) electrons. The van der Waals surface area contributed by atoms with Gasteiger partial charge in [0.25, 0.3) is 5.91 Å². The molecule has 1 heterocycles. The molecule has 1 N–H and O–H groups in total. The summed E-state index contributed by atoms with van der Waals surface area (Å²) in [6.07, 6.45) is 0.681. The maximum absolute atomic E-state index is 13.1. The SMILES string of the molecule is COC(=O)c1ccc(NC(=O)COC(=O)c2ccc(N3C(=O)[C@@H]4[C@H]5C[C@@H]([C@H](Cl)[C@@H]5Cl)[C@@H]4C3=O)cc2)cc1. The van der Waals surface area contributed by atoms with Crippen LogP contribution in [0.2, 0.25) is 0 Å². The molecule has 2 aromatic rings. The van der Waals surface area contributed by atoms with E-state index in [1.54, 1.807) is 0 Å². The van der Waals surface area contributed by atoms with E-state index in [2.05, 4.69) is 10.1 Å². The van der Waals surface area contributed by atoms with Crippen molar-refractivity contribution in [3.63, 3.8) is 0 Å². The Balaban J connectivity index is 1.18. The predicted molar refractivity (Wildman–Crippen MR) is 133 cm³/mol. The standard InChI is InChI=1S/C26H22Cl2N2O7/c1-36-25(34)12-2-6-14(7-3-12)29-18(31)11-37-26(35)13-4-8-15(9-5-13)30-23(32)19-16-10-17(20(19)24(30)33)22(28)21(16)27/h2-9,16-17,19-22H,10-11H2,1H3,(H,29,31)/t16-,17-,19-,20+,21-,22+/m1/s1. The van der Waals surface area contributed by atoms with Gasteiger partial charge in [0.15, 0.2) is 6.61 Å². The maximum Gasteiger partial charge on any atom is 0.338 e. The Labute approximate surface area is 222 Å². The summed E-state index contributed by atoms with van der Waals surface area (Å²) in [6, 6.07) is 11.9. The average Bonchev–Trinajstić information content (AvgIpc) is 3.52. The van der Waals surface area contributed by atoms with Crippen molar-refractivity contribution in [3.05, 3.63) is 59.7 Å². The van der Waals surface area contributed by atoms with Crippen LogP contribution in [0, 0.1) is 23.7 Å². The number of benzene rings is 2. The van der Waals surface area contributed by atoms with Gasteiger partial charge in [0.05, 0.1) is 46.5 Å². The largest absolute Gasteiger partial charge is 0.465 e. The first kappa shape index (κ1) is 25.2. The Morgan fingerprint density at radius 3 is 1.92 bits per heavy atom. The number of nitrogens with one attached hydrogen (secondary N) is 1. The molecule has 6 atom stereocenters. The molecule has 1 aliphatic heterocycles. The van der Waals surface area contributed by atoms with E-state index >= 15 is 0 Å². The fraction of sp³-hybridized carbons (Fsp3) is 0.346. The molecular formula is C26H22Cl2N2O7. The molecule has 0 spiro atoms. The number of imide groups is 1. The summed E-state index contributed by atoms with van der Waals surface area (Å²) in [6.45, 7) is -0.534. The van der Waals surface area contributed by atoms with Crippen molar-refractivity contribution < 1.29 is 33.4 Å². The normalized spacial score (nSPS) is 27.7. The zero-order valence-electron chi connectivity index (χ0n) is 19.6. The Morgan fingerprint density at radius 1 is 0.865 bits per heavy atom. The summed E-state index contributed by atoms with van der Waals surface area (Å²) in [4.78, 5) is 63.4. The molecule has 2 aliphatic carbocycles. The van der Waals surface area contributed by atoms with Gasteiger partial charge in [0.2, 0.25) is 11.8 Å². The minimum absolute atomic E-state index is 0.119. The van der Waals surface area contributed by atoms with Gasteiger partial charge in [-0.3, -0.25) is 19.3 Å². The Hall–Kier alpha value is -3.43. The van der Waals surface area contributed by atoms with Crippen molar-refractivity contribution in [2.75, 3.05) is 23.9 Å². The van der Waals surface area contributed by atoms with Crippen LogP contribution in [0.15, 0.2) is 48.5 Å². The van der Waals surface area contributed by atoms with Crippen molar-refractivity contribution in [2.45, 2.75) is 17.2 Å². The lowest BCUT2D eigenvalue weighted by atomic mass is 9.80. The highest BCUT2D eigenvalue weighted by molar-refractivity contribution is 6.32. The van der Waals surface area contributed by atoms with Crippen LogP contribution in [0.25, 0.3) is 0 Å². The van der Waals surface area contributed by atoms with Gasteiger partial charge in [-0.2, -0.15) is 0 Å². The second-order valence-corrected chi connectivity index (χ2v) is 10.3. The van der Waals surface area contributed by atoms with E-state index in [0.717, 1.165) is 4.90 Å². The van der Waals surface area contributed by atoms with Crippen LogP contribution >= 0.6 is 23.2 Å². The van der Waals surface area contributed by atoms with Gasteiger partial charge in [-0.05, 0) is 66.8 Å². The number of methoxy groups -OCH3 is 1. The summed E-state index contributed by atoms with van der Waals surface area (Å²) >= 11 is 12.8. The van der Waals surface area contributed by atoms with Crippen LogP contribution < -0.4 is 10.2 Å². The molecule has 37 heavy (non-hydrogen) atoms. The van der Waals surface area contributed by atoms with Crippen LogP contribution in [-0.2, 0) is 23.9 Å². The molecule has 3 amide bonds. The predicted octanol–water partition coefficient (Wildman–Crippen LogP) is 3.24. The molecule has 192 valence electrons. The monoisotopic (exact) mass is 544 g/mol. The minimum atomic E-state index is -0.744. The van der Waals surface area contributed by atoms with Crippen molar-refractivity contribution >= 4 is 64.2 Å². The first-order valence-electron chi connectivity index (χ1n) is 11.6. The van der Waals surface area contributed by atoms with Gasteiger partial charge in [-0.1, -0.05) is 0 Å². The van der Waals surface area contributed by atoms with Gasteiger partial charge < -0.3 is 14.8 Å². The number of ether oxygens (including phenoxy) is 2.